The number of nitrogens with zero attached hydrogens (tertiary/aromatic N) is 1. The van der Waals surface area contributed by atoms with Crippen molar-refractivity contribution in [2.75, 3.05) is 5.32 Å². The third-order valence-electron chi connectivity index (χ3n) is 3.94. The predicted octanol–water partition coefficient (Wildman–Crippen LogP) is 3.93. The van der Waals surface area contributed by atoms with E-state index in [4.69, 9.17) is 4.52 Å². The molecule has 3 aromatic rings. The van der Waals surface area contributed by atoms with E-state index in [0.717, 1.165) is 5.56 Å². The Balaban J connectivity index is 1.72. The molecule has 0 saturated carbocycles. The number of aromatic nitrogens is 1. The monoisotopic (exact) mass is 367 g/mol. The number of rotatable bonds is 5. The summed E-state index contributed by atoms with van der Waals surface area (Å²) >= 11 is 0. The second-order valence-electron chi connectivity index (χ2n) is 6.06. The minimum atomic E-state index is -0.455. The SMILES string of the molecule is CC(=O)Nc1cccc(C(C)NC(=O)c2cc(-c3ccccc3F)on2)c1. The summed E-state index contributed by atoms with van der Waals surface area (Å²) in [5.74, 6) is -0.895. The highest BCUT2D eigenvalue weighted by molar-refractivity contribution is 5.93. The van der Waals surface area contributed by atoms with Crippen molar-refractivity contribution < 1.29 is 18.5 Å². The van der Waals surface area contributed by atoms with Crippen LogP contribution in [0, 0.1) is 5.82 Å². The van der Waals surface area contributed by atoms with Gasteiger partial charge in [0, 0.05) is 18.7 Å². The van der Waals surface area contributed by atoms with Gasteiger partial charge in [-0.15, -0.1) is 0 Å². The molecule has 27 heavy (non-hydrogen) atoms. The summed E-state index contributed by atoms with van der Waals surface area (Å²) < 4.78 is 18.9. The first-order chi connectivity index (χ1) is 12.9. The van der Waals surface area contributed by atoms with E-state index >= 15 is 0 Å². The van der Waals surface area contributed by atoms with Crippen LogP contribution in [0.15, 0.2) is 59.1 Å². The Morgan fingerprint density at radius 1 is 1.11 bits per heavy atom. The number of nitrogens with one attached hydrogen (secondary N) is 2. The normalized spacial score (nSPS) is 11.7. The van der Waals surface area contributed by atoms with Gasteiger partial charge < -0.3 is 15.2 Å². The number of anilines is 1. The Kier molecular flexibility index (Phi) is 5.30. The molecule has 2 amide bonds. The van der Waals surface area contributed by atoms with Gasteiger partial charge in [0.25, 0.3) is 5.91 Å². The Bertz CT molecular complexity index is 984. The highest BCUT2D eigenvalue weighted by atomic mass is 19.1. The topological polar surface area (TPSA) is 84.2 Å². The Morgan fingerprint density at radius 3 is 2.63 bits per heavy atom. The molecule has 0 spiro atoms. The van der Waals surface area contributed by atoms with Crippen molar-refractivity contribution in [3.05, 3.63) is 71.7 Å². The van der Waals surface area contributed by atoms with Gasteiger partial charge >= 0.3 is 0 Å². The molecule has 0 aliphatic heterocycles. The zero-order valence-corrected chi connectivity index (χ0v) is 14.8. The Morgan fingerprint density at radius 2 is 1.89 bits per heavy atom. The average molecular weight is 367 g/mol. The Hall–Kier alpha value is -3.48. The van der Waals surface area contributed by atoms with Crippen molar-refractivity contribution in [2.24, 2.45) is 0 Å². The lowest BCUT2D eigenvalue weighted by Gasteiger charge is -2.14. The minimum absolute atomic E-state index is 0.0538. The van der Waals surface area contributed by atoms with Gasteiger partial charge in [-0.3, -0.25) is 9.59 Å². The molecule has 0 aliphatic rings. The number of hydrogen-bond acceptors (Lipinski definition) is 4. The largest absolute Gasteiger partial charge is 0.355 e. The average Bonchev–Trinajstić information content (AvgIpc) is 3.12. The number of hydrogen-bond donors (Lipinski definition) is 2. The molecular weight excluding hydrogens is 349 g/mol. The molecule has 0 saturated heterocycles. The molecule has 1 atom stereocenters. The highest BCUT2D eigenvalue weighted by Crippen LogP contribution is 2.24. The molecule has 3 rings (SSSR count). The number of carbonyl (C=O) groups excluding carboxylic acids is 2. The van der Waals surface area contributed by atoms with E-state index in [1.165, 1.54) is 19.1 Å². The maximum Gasteiger partial charge on any atom is 0.273 e. The quantitative estimate of drug-likeness (QED) is 0.716. The molecule has 2 N–H and O–H groups in total. The fraction of sp³-hybridized carbons (Fsp3) is 0.150. The highest BCUT2D eigenvalue weighted by Gasteiger charge is 2.18. The van der Waals surface area contributed by atoms with Crippen LogP contribution in [0.4, 0.5) is 10.1 Å². The molecule has 1 aromatic heterocycles. The summed E-state index contributed by atoms with van der Waals surface area (Å²) in [4.78, 5) is 23.6. The van der Waals surface area contributed by atoms with Gasteiger partial charge in [0.2, 0.25) is 5.91 Å². The van der Waals surface area contributed by atoms with Crippen LogP contribution in [0.1, 0.15) is 35.9 Å². The molecule has 2 aromatic carbocycles. The molecule has 6 nitrogen and oxygen atoms in total. The van der Waals surface area contributed by atoms with Crippen LogP contribution in [-0.2, 0) is 4.79 Å². The van der Waals surface area contributed by atoms with Crippen LogP contribution in [0.2, 0.25) is 0 Å². The van der Waals surface area contributed by atoms with Crippen LogP contribution in [0.5, 0.6) is 0 Å². The van der Waals surface area contributed by atoms with Gasteiger partial charge in [0.15, 0.2) is 11.5 Å². The summed E-state index contributed by atoms with van der Waals surface area (Å²) in [5, 5.41) is 9.23. The first kappa shape index (κ1) is 18.3. The van der Waals surface area contributed by atoms with E-state index in [9.17, 15) is 14.0 Å². The molecule has 0 aliphatic carbocycles. The van der Waals surface area contributed by atoms with Gasteiger partial charge in [-0.2, -0.15) is 0 Å². The third kappa shape index (κ3) is 4.38. The van der Waals surface area contributed by atoms with Crippen molar-refractivity contribution in [1.29, 1.82) is 0 Å². The molecule has 138 valence electrons. The second kappa shape index (κ2) is 7.82. The van der Waals surface area contributed by atoms with Crippen molar-refractivity contribution in [1.82, 2.24) is 10.5 Å². The standard InChI is InChI=1S/C20H18FN3O3/c1-12(14-6-5-7-15(10-14)23-13(2)25)22-20(26)18-11-19(27-24-18)16-8-3-4-9-17(16)21/h3-12H,1-2H3,(H,22,26)(H,23,25). The van der Waals surface area contributed by atoms with Gasteiger partial charge in [0.05, 0.1) is 11.6 Å². The number of carbonyl (C=O) groups is 2. The lowest BCUT2D eigenvalue weighted by atomic mass is 10.1. The van der Waals surface area contributed by atoms with E-state index in [1.54, 1.807) is 36.4 Å². The minimum Gasteiger partial charge on any atom is -0.355 e. The van der Waals surface area contributed by atoms with Gasteiger partial charge in [-0.25, -0.2) is 4.39 Å². The van der Waals surface area contributed by atoms with E-state index in [2.05, 4.69) is 15.8 Å². The van der Waals surface area contributed by atoms with Gasteiger partial charge in [-0.1, -0.05) is 29.4 Å². The van der Waals surface area contributed by atoms with E-state index < -0.39 is 11.7 Å². The molecule has 0 radical (unpaired) electrons. The fourth-order valence-electron chi connectivity index (χ4n) is 2.61. The van der Waals surface area contributed by atoms with E-state index in [-0.39, 0.29) is 29.0 Å². The fourth-order valence-corrected chi connectivity index (χ4v) is 2.61. The zero-order chi connectivity index (χ0) is 19.4. The molecule has 0 fully saturated rings. The first-order valence-corrected chi connectivity index (χ1v) is 8.34. The van der Waals surface area contributed by atoms with Crippen LogP contribution in [0.3, 0.4) is 0 Å². The molecule has 1 unspecified atom stereocenters. The molecular formula is C20H18FN3O3. The van der Waals surface area contributed by atoms with Gasteiger partial charge in [-0.05, 0) is 36.8 Å². The zero-order valence-electron chi connectivity index (χ0n) is 14.8. The van der Waals surface area contributed by atoms with Gasteiger partial charge in [0.1, 0.15) is 5.82 Å². The van der Waals surface area contributed by atoms with E-state index in [0.29, 0.717) is 5.69 Å². The third-order valence-corrected chi connectivity index (χ3v) is 3.94. The maximum atomic E-state index is 13.8. The van der Waals surface area contributed by atoms with Crippen molar-refractivity contribution in [2.45, 2.75) is 19.9 Å². The smallest absolute Gasteiger partial charge is 0.273 e. The summed E-state index contributed by atoms with van der Waals surface area (Å²) in [5.41, 5.74) is 1.75. The number of halogens is 1. The lowest BCUT2D eigenvalue weighted by Crippen LogP contribution is -2.27. The summed E-state index contributed by atoms with van der Waals surface area (Å²) in [6.07, 6.45) is 0. The predicted molar refractivity (Wildman–Crippen MR) is 98.5 cm³/mol. The number of benzene rings is 2. The van der Waals surface area contributed by atoms with Crippen molar-refractivity contribution in [3.8, 4) is 11.3 Å². The van der Waals surface area contributed by atoms with Crippen molar-refractivity contribution >= 4 is 17.5 Å². The van der Waals surface area contributed by atoms with Crippen LogP contribution < -0.4 is 10.6 Å². The van der Waals surface area contributed by atoms with Crippen LogP contribution >= 0.6 is 0 Å². The summed E-state index contributed by atoms with van der Waals surface area (Å²) in [6.45, 7) is 3.23. The van der Waals surface area contributed by atoms with Crippen LogP contribution in [0.25, 0.3) is 11.3 Å². The maximum absolute atomic E-state index is 13.8. The first-order valence-electron chi connectivity index (χ1n) is 8.34. The lowest BCUT2D eigenvalue weighted by molar-refractivity contribution is -0.114. The summed E-state index contributed by atoms with van der Waals surface area (Å²) in [6, 6.07) is 14.3. The molecule has 0 bridgehead atoms. The Labute approximate surface area is 155 Å². The summed E-state index contributed by atoms with van der Waals surface area (Å²) in [7, 11) is 0. The van der Waals surface area contributed by atoms with E-state index in [1.807, 2.05) is 13.0 Å². The molecule has 7 heteroatoms. The second-order valence-corrected chi connectivity index (χ2v) is 6.06. The van der Waals surface area contributed by atoms with Crippen LogP contribution in [-0.4, -0.2) is 17.0 Å². The molecule has 1 heterocycles. The number of amides is 2. The van der Waals surface area contributed by atoms with Crippen molar-refractivity contribution in [3.63, 3.8) is 0 Å².